The molecule has 12 heteroatoms. The Morgan fingerprint density at radius 2 is 1.88 bits per heavy atom. The van der Waals surface area contributed by atoms with Crippen LogP contribution in [0.5, 0.6) is 5.75 Å². The number of rotatable bonds is 10. The summed E-state index contributed by atoms with van der Waals surface area (Å²) in [6, 6.07) is 14.1. The van der Waals surface area contributed by atoms with Crippen LogP contribution in [0.3, 0.4) is 0 Å². The maximum atomic E-state index is 14.4. The fraction of sp³-hybridized carbons (Fsp3) is 0.138. The summed E-state index contributed by atoms with van der Waals surface area (Å²) in [6.45, 7) is -3.30. The monoisotopic (exact) mass is 580 g/mol. The molecule has 0 saturated carbocycles. The summed E-state index contributed by atoms with van der Waals surface area (Å²) in [5.74, 6) is -2.96. The van der Waals surface area contributed by atoms with E-state index >= 15 is 0 Å². The highest BCUT2D eigenvalue weighted by Crippen LogP contribution is 2.34. The highest BCUT2D eigenvalue weighted by molar-refractivity contribution is 6.31. The van der Waals surface area contributed by atoms with E-state index in [9.17, 15) is 32.8 Å². The SMILES string of the molecule is N#Cc1ccc(Cl)cc1-c1cc(=O)n(C(Cc2ccccn2)C(=O)Cc2ccc(C(N)=O)c(F)c2)cc1OC(F)F. The normalized spacial score (nSPS) is 11.6. The Kier molecular flexibility index (Phi) is 8.84. The number of Topliss-reactive ketones (excluding diaryl/α,β-unsaturated/α-hetero) is 1. The largest absolute Gasteiger partial charge is 0.433 e. The van der Waals surface area contributed by atoms with Gasteiger partial charge in [0, 0.05) is 46.9 Å². The summed E-state index contributed by atoms with van der Waals surface area (Å²) in [5.41, 5.74) is 4.62. The number of nitriles is 1. The van der Waals surface area contributed by atoms with Gasteiger partial charge in [-0.15, -0.1) is 0 Å². The number of primary amides is 1. The second-order valence-electron chi connectivity index (χ2n) is 8.84. The minimum atomic E-state index is -3.30. The van der Waals surface area contributed by atoms with Crippen LogP contribution < -0.4 is 16.0 Å². The highest BCUT2D eigenvalue weighted by Gasteiger charge is 2.26. The molecule has 0 spiro atoms. The van der Waals surface area contributed by atoms with Crippen molar-refractivity contribution in [3.8, 4) is 22.9 Å². The molecule has 41 heavy (non-hydrogen) atoms. The lowest BCUT2D eigenvalue weighted by Gasteiger charge is -2.21. The van der Waals surface area contributed by atoms with Crippen LogP contribution in [0.15, 0.2) is 77.9 Å². The van der Waals surface area contributed by atoms with Gasteiger partial charge in [-0.3, -0.25) is 19.4 Å². The van der Waals surface area contributed by atoms with E-state index in [1.807, 2.05) is 6.07 Å². The average Bonchev–Trinajstić information content (AvgIpc) is 2.92. The first kappa shape index (κ1) is 29.0. The number of benzene rings is 2. The molecule has 1 unspecified atom stereocenters. The van der Waals surface area contributed by atoms with E-state index in [1.54, 1.807) is 18.2 Å². The minimum absolute atomic E-state index is 0.0493. The molecule has 208 valence electrons. The van der Waals surface area contributed by atoms with E-state index in [0.717, 1.165) is 29.0 Å². The zero-order valence-electron chi connectivity index (χ0n) is 21.1. The van der Waals surface area contributed by atoms with Gasteiger partial charge in [-0.25, -0.2) is 4.39 Å². The predicted octanol–water partition coefficient (Wildman–Crippen LogP) is 4.87. The molecule has 0 saturated heterocycles. The Labute approximate surface area is 236 Å². The number of aromatic nitrogens is 2. The smallest absolute Gasteiger partial charge is 0.387 e. The van der Waals surface area contributed by atoms with Crippen molar-refractivity contribution in [2.45, 2.75) is 25.5 Å². The van der Waals surface area contributed by atoms with Crippen LogP contribution in [0.1, 0.15) is 33.2 Å². The van der Waals surface area contributed by atoms with Crippen LogP contribution in [-0.4, -0.2) is 27.9 Å². The molecule has 0 bridgehead atoms. The molecule has 0 aliphatic rings. The zero-order valence-corrected chi connectivity index (χ0v) is 21.8. The summed E-state index contributed by atoms with van der Waals surface area (Å²) in [4.78, 5) is 42.6. The molecule has 0 radical (unpaired) electrons. The number of nitrogens with zero attached hydrogens (tertiary/aromatic N) is 3. The molecule has 2 aromatic carbocycles. The maximum Gasteiger partial charge on any atom is 0.387 e. The van der Waals surface area contributed by atoms with Crippen LogP contribution in [0.25, 0.3) is 11.1 Å². The van der Waals surface area contributed by atoms with E-state index < -0.39 is 41.5 Å². The van der Waals surface area contributed by atoms with Gasteiger partial charge in [-0.2, -0.15) is 14.0 Å². The lowest BCUT2D eigenvalue weighted by molar-refractivity contribution is -0.121. The van der Waals surface area contributed by atoms with E-state index in [4.69, 9.17) is 22.1 Å². The Balaban J connectivity index is 1.83. The van der Waals surface area contributed by atoms with Gasteiger partial charge in [0.1, 0.15) is 17.6 Å². The second kappa shape index (κ2) is 12.5. The van der Waals surface area contributed by atoms with E-state index in [0.29, 0.717) is 5.69 Å². The zero-order chi connectivity index (χ0) is 29.7. The first-order valence-corrected chi connectivity index (χ1v) is 12.4. The fourth-order valence-electron chi connectivity index (χ4n) is 4.28. The van der Waals surface area contributed by atoms with Crippen molar-refractivity contribution >= 4 is 23.3 Å². The third-order valence-electron chi connectivity index (χ3n) is 6.17. The van der Waals surface area contributed by atoms with Crippen molar-refractivity contribution in [1.82, 2.24) is 9.55 Å². The number of alkyl halides is 2. The number of hydrogen-bond donors (Lipinski definition) is 1. The number of carbonyl (C=O) groups is 2. The minimum Gasteiger partial charge on any atom is -0.433 e. The van der Waals surface area contributed by atoms with Gasteiger partial charge in [0.2, 0.25) is 0 Å². The Morgan fingerprint density at radius 3 is 2.51 bits per heavy atom. The first-order valence-electron chi connectivity index (χ1n) is 12.0. The summed E-state index contributed by atoms with van der Waals surface area (Å²) in [7, 11) is 0. The Bertz CT molecular complexity index is 1720. The molecule has 1 amide bonds. The van der Waals surface area contributed by atoms with Gasteiger partial charge in [-0.05, 0) is 48.0 Å². The van der Waals surface area contributed by atoms with Gasteiger partial charge in [0.25, 0.3) is 11.5 Å². The molecule has 2 aromatic heterocycles. The Hall–Kier alpha value is -4.95. The Morgan fingerprint density at radius 1 is 1.10 bits per heavy atom. The molecular formula is C29H20ClF3N4O4. The molecular weight excluding hydrogens is 561 g/mol. The molecule has 8 nitrogen and oxygen atoms in total. The van der Waals surface area contributed by atoms with E-state index in [-0.39, 0.29) is 45.7 Å². The van der Waals surface area contributed by atoms with Crippen LogP contribution in [0.2, 0.25) is 5.02 Å². The lowest BCUT2D eigenvalue weighted by atomic mass is 9.97. The highest BCUT2D eigenvalue weighted by atomic mass is 35.5. The topological polar surface area (TPSA) is 128 Å². The fourth-order valence-corrected chi connectivity index (χ4v) is 4.45. The third kappa shape index (κ3) is 6.80. The molecule has 2 heterocycles. The van der Waals surface area contributed by atoms with Gasteiger partial charge >= 0.3 is 6.61 Å². The van der Waals surface area contributed by atoms with Crippen LogP contribution in [-0.2, 0) is 17.6 Å². The van der Waals surface area contributed by atoms with Crippen LogP contribution in [0.4, 0.5) is 13.2 Å². The molecule has 4 rings (SSSR count). The maximum absolute atomic E-state index is 14.4. The van der Waals surface area contributed by atoms with E-state index in [2.05, 4.69) is 4.98 Å². The lowest BCUT2D eigenvalue weighted by Crippen LogP contribution is -2.32. The van der Waals surface area contributed by atoms with Crippen molar-refractivity contribution in [3.05, 3.63) is 117 Å². The molecule has 0 fully saturated rings. The van der Waals surface area contributed by atoms with Gasteiger partial charge < -0.3 is 15.0 Å². The first-order chi connectivity index (χ1) is 19.6. The number of halogens is 4. The van der Waals surface area contributed by atoms with Crippen molar-refractivity contribution in [2.24, 2.45) is 5.73 Å². The second-order valence-corrected chi connectivity index (χ2v) is 9.28. The number of hydrogen-bond acceptors (Lipinski definition) is 6. The predicted molar refractivity (Wildman–Crippen MR) is 143 cm³/mol. The number of nitrogens with two attached hydrogens (primary N) is 1. The molecule has 2 N–H and O–H groups in total. The number of ether oxygens (including phenoxy) is 1. The van der Waals surface area contributed by atoms with Gasteiger partial charge in [-0.1, -0.05) is 23.7 Å². The third-order valence-corrected chi connectivity index (χ3v) is 6.40. The van der Waals surface area contributed by atoms with Crippen molar-refractivity contribution < 1.29 is 27.5 Å². The quantitative estimate of drug-likeness (QED) is 0.285. The average molecular weight is 581 g/mol. The number of ketones is 1. The van der Waals surface area contributed by atoms with E-state index in [1.165, 1.54) is 30.5 Å². The van der Waals surface area contributed by atoms with Crippen LogP contribution >= 0.6 is 11.6 Å². The summed E-state index contributed by atoms with van der Waals surface area (Å²) >= 11 is 6.06. The standard InChI is InChI=1S/C29H20ClF3N4O4/c30-18-6-5-17(14-34)21(11-18)22-13-27(39)37(15-26(22)41-29(32)33)24(12-19-3-1-2-8-36-19)25(38)10-16-4-7-20(28(35)40)23(31)9-16/h1-9,11,13,15,24,29H,10,12H2,(H2,35,40). The number of amides is 1. The molecule has 0 aliphatic carbocycles. The summed E-state index contributed by atoms with van der Waals surface area (Å²) < 4.78 is 47.0. The van der Waals surface area contributed by atoms with Crippen molar-refractivity contribution in [3.63, 3.8) is 0 Å². The number of pyridine rings is 2. The van der Waals surface area contributed by atoms with Gasteiger partial charge in [0.15, 0.2) is 5.78 Å². The van der Waals surface area contributed by atoms with Gasteiger partial charge in [0.05, 0.1) is 23.4 Å². The summed E-state index contributed by atoms with van der Waals surface area (Å²) in [5, 5.41) is 9.71. The van der Waals surface area contributed by atoms with Crippen molar-refractivity contribution in [2.75, 3.05) is 0 Å². The number of carbonyl (C=O) groups excluding carboxylic acids is 2. The summed E-state index contributed by atoms with van der Waals surface area (Å²) in [6.07, 6.45) is 1.96. The molecule has 0 aliphatic heterocycles. The van der Waals surface area contributed by atoms with Crippen LogP contribution in [0, 0.1) is 17.1 Å². The molecule has 1 atom stereocenters. The molecule has 4 aromatic rings. The van der Waals surface area contributed by atoms with Crippen molar-refractivity contribution in [1.29, 1.82) is 5.26 Å².